The van der Waals surface area contributed by atoms with Gasteiger partial charge in [0.15, 0.2) is 0 Å². The van der Waals surface area contributed by atoms with Gasteiger partial charge in [0.1, 0.15) is 0 Å². The standard InChI is InChI=1S/C10H19N.C2H6.H2/c1-2-8-5-9-3-4-11-7-10(9)6-8;1-2;/h8-11H,2-7H2,1H3;1-2H3;1H. The van der Waals surface area contributed by atoms with Crippen molar-refractivity contribution in [1.82, 2.24) is 5.32 Å². The Morgan fingerprint density at radius 3 is 2.54 bits per heavy atom. The molecule has 0 spiro atoms. The molecule has 1 nitrogen and oxygen atoms in total. The zero-order valence-corrected chi connectivity index (χ0v) is 9.47. The molecule has 0 aromatic heterocycles. The highest BCUT2D eigenvalue weighted by Gasteiger charge is 2.34. The Morgan fingerprint density at radius 1 is 1.23 bits per heavy atom. The molecule has 2 aliphatic rings. The average molecular weight is 185 g/mol. The summed E-state index contributed by atoms with van der Waals surface area (Å²) in [6, 6.07) is 0. The van der Waals surface area contributed by atoms with Crippen molar-refractivity contribution in [1.29, 1.82) is 0 Å². The molecule has 1 N–H and O–H groups in total. The van der Waals surface area contributed by atoms with Gasteiger partial charge in [0.05, 0.1) is 0 Å². The van der Waals surface area contributed by atoms with Crippen LogP contribution in [0.2, 0.25) is 0 Å². The summed E-state index contributed by atoms with van der Waals surface area (Å²) in [7, 11) is 0. The summed E-state index contributed by atoms with van der Waals surface area (Å²) in [4.78, 5) is 0. The molecular weight excluding hydrogens is 158 g/mol. The molecule has 0 aromatic carbocycles. The molecule has 3 atom stereocenters. The van der Waals surface area contributed by atoms with Gasteiger partial charge in [-0.3, -0.25) is 0 Å². The van der Waals surface area contributed by atoms with Gasteiger partial charge in [-0.15, -0.1) is 0 Å². The largest absolute Gasteiger partial charge is 0.316 e. The third-order valence-electron chi connectivity index (χ3n) is 3.61. The van der Waals surface area contributed by atoms with Crippen molar-refractivity contribution in [3.63, 3.8) is 0 Å². The Hall–Kier alpha value is -0.0400. The predicted octanol–water partition coefficient (Wildman–Crippen LogP) is 3.30. The van der Waals surface area contributed by atoms with Gasteiger partial charge in [-0.25, -0.2) is 0 Å². The number of fused-ring (bicyclic) bond motifs is 1. The lowest BCUT2D eigenvalue weighted by molar-refractivity contribution is 0.295. The van der Waals surface area contributed by atoms with Gasteiger partial charge in [0, 0.05) is 1.43 Å². The van der Waals surface area contributed by atoms with E-state index in [9.17, 15) is 0 Å². The molecule has 1 aliphatic carbocycles. The molecule has 2 rings (SSSR count). The van der Waals surface area contributed by atoms with E-state index in [-0.39, 0.29) is 1.43 Å². The normalized spacial score (nSPS) is 37.6. The Kier molecular flexibility index (Phi) is 4.79. The molecule has 0 radical (unpaired) electrons. The molecule has 0 bridgehead atoms. The third-order valence-corrected chi connectivity index (χ3v) is 3.61. The zero-order valence-electron chi connectivity index (χ0n) is 9.47. The quantitative estimate of drug-likeness (QED) is 0.661. The Bertz CT molecular complexity index is 124. The van der Waals surface area contributed by atoms with Crippen LogP contribution in [0.1, 0.15) is 47.9 Å². The second kappa shape index (κ2) is 5.64. The van der Waals surface area contributed by atoms with E-state index in [4.69, 9.17) is 0 Å². The van der Waals surface area contributed by atoms with Crippen molar-refractivity contribution in [3.8, 4) is 0 Å². The minimum atomic E-state index is 0. The van der Waals surface area contributed by atoms with E-state index in [0.29, 0.717) is 0 Å². The van der Waals surface area contributed by atoms with Gasteiger partial charge in [-0.05, 0) is 50.1 Å². The number of hydrogen-bond donors (Lipinski definition) is 1. The van der Waals surface area contributed by atoms with Gasteiger partial charge in [-0.1, -0.05) is 27.2 Å². The van der Waals surface area contributed by atoms with Crippen LogP contribution in [0.5, 0.6) is 0 Å². The van der Waals surface area contributed by atoms with Gasteiger partial charge in [0.25, 0.3) is 0 Å². The van der Waals surface area contributed by atoms with Crippen LogP contribution in [0.25, 0.3) is 0 Å². The van der Waals surface area contributed by atoms with Crippen LogP contribution in [-0.4, -0.2) is 13.1 Å². The van der Waals surface area contributed by atoms with Gasteiger partial charge in [0.2, 0.25) is 0 Å². The molecule has 2 fully saturated rings. The minimum absolute atomic E-state index is 0. The fourth-order valence-corrected chi connectivity index (χ4v) is 2.85. The fraction of sp³-hybridized carbons (Fsp3) is 1.00. The third kappa shape index (κ3) is 2.70. The summed E-state index contributed by atoms with van der Waals surface area (Å²) in [5, 5.41) is 3.50. The summed E-state index contributed by atoms with van der Waals surface area (Å²) >= 11 is 0. The molecule has 1 heteroatoms. The molecule has 1 aliphatic heterocycles. The van der Waals surface area contributed by atoms with Gasteiger partial charge in [-0.2, -0.15) is 0 Å². The molecule has 1 heterocycles. The van der Waals surface area contributed by atoms with Crippen LogP contribution >= 0.6 is 0 Å². The van der Waals surface area contributed by atoms with E-state index in [2.05, 4.69) is 12.2 Å². The number of rotatable bonds is 1. The van der Waals surface area contributed by atoms with Crippen LogP contribution in [0.4, 0.5) is 0 Å². The predicted molar refractivity (Wildman–Crippen MR) is 60.9 cm³/mol. The highest BCUT2D eigenvalue weighted by Crippen LogP contribution is 2.40. The first kappa shape index (κ1) is 11.0. The summed E-state index contributed by atoms with van der Waals surface area (Å²) in [6.07, 6.45) is 5.89. The van der Waals surface area contributed by atoms with Crippen molar-refractivity contribution in [2.45, 2.75) is 46.5 Å². The maximum atomic E-state index is 3.50. The lowest BCUT2D eigenvalue weighted by Gasteiger charge is -2.25. The summed E-state index contributed by atoms with van der Waals surface area (Å²) < 4.78 is 0. The Balaban J connectivity index is 0.000000531. The first-order valence-corrected chi connectivity index (χ1v) is 6.11. The van der Waals surface area contributed by atoms with E-state index >= 15 is 0 Å². The Morgan fingerprint density at radius 2 is 1.92 bits per heavy atom. The van der Waals surface area contributed by atoms with Crippen LogP contribution in [-0.2, 0) is 0 Å². The first-order valence-electron chi connectivity index (χ1n) is 6.11. The SMILES string of the molecule is CC.CCC1CC2CCNCC2C1.[HH]. The average Bonchev–Trinajstić information content (AvgIpc) is 2.63. The van der Waals surface area contributed by atoms with Crippen LogP contribution in [0.15, 0.2) is 0 Å². The Labute approximate surface area is 84.8 Å². The molecule has 13 heavy (non-hydrogen) atoms. The van der Waals surface area contributed by atoms with E-state index in [1.165, 1.54) is 38.8 Å². The summed E-state index contributed by atoms with van der Waals surface area (Å²) in [6.45, 7) is 8.92. The minimum Gasteiger partial charge on any atom is -0.316 e. The van der Waals surface area contributed by atoms with Crippen LogP contribution in [0.3, 0.4) is 0 Å². The van der Waals surface area contributed by atoms with Gasteiger partial charge >= 0.3 is 0 Å². The van der Waals surface area contributed by atoms with Crippen LogP contribution in [0, 0.1) is 17.8 Å². The van der Waals surface area contributed by atoms with Crippen molar-refractivity contribution in [3.05, 3.63) is 0 Å². The van der Waals surface area contributed by atoms with Crippen LogP contribution < -0.4 is 5.32 Å². The second-order valence-corrected chi connectivity index (χ2v) is 4.26. The topological polar surface area (TPSA) is 12.0 Å². The van der Waals surface area contributed by atoms with Crippen molar-refractivity contribution < 1.29 is 1.43 Å². The maximum Gasteiger partial charge on any atom is 0 e. The highest BCUT2D eigenvalue weighted by molar-refractivity contribution is 4.87. The van der Waals surface area contributed by atoms with E-state index in [1.807, 2.05) is 13.8 Å². The molecule has 80 valence electrons. The summed E-state index contributed by atoms with van der Waals surface area (Å²) in [5.41, 5.74) is 0. The molecule has 0 amide bonds. The molecule has 3 unspecified atom stereocenters. The number of nitrogens with one attached hydrogen (secondary N) is 1. The smallest absolute Gasteiger partial charge is 0 e. The van der Waals surface area contributed by atoms with Gasteiger partial charge < -0.3 is 5.32 Å². The summed E-state index contributed by atoms with van der Waals surface area (Å²) in [5.74, 6) is 3.18. The molecule has 1 saturated carbocycles. The first-order chi connectivity index (χ1) is 6.40. The van der Waals surface area contributed by atoms with E-state index in [1.54, 1.807) is 0 Å². The zero-order chi connectivity index (χ0) is 9.68. The van der Waals surface area contributed by atoms with Crippen molar-refractivity contribution in [2.24, 2.45) is 17.8 Å². The fourth-order valence-electron chi connectivity index (χ4n) is 2.85. The van der Waals surface area contributed by atoms with Crippen molar-refractivity contribution in [2.75, 3.05) is 13.1 Å². The second-order valence-electron chi connectivity index (χ2n) is 4.26. The lowest BCUT2D eigenvalue weighted by atomic mass is 9.90. The van der Waals surface area contributed by atoms with E-state index in [0.717, 1.165) is 17.8 Å². The maximum absolute atomic E-state index is 3.50. The number of hydrogen-bond acceptors (Lipinski definition) is 1. The monoisotopic (exact) mass is 185 g/mol. The number of piperidine rings is 1. The molecular formula is C12H27N. The molecule has 1 saturated heterocycles. The lowest BCUT2D eigenvalue weighted by Crippen LogP contribution is -2.33. The van der Waals surface area contributed by atoms with Crippen molar-refractivity contribution >= 4 is 0 Å². The molecule has 0 aromatic rings. The van der Waals surface area contributed by atoms with E-state index < -0.39 is 0 Å². The highest BCUT2D eigenvalue weighted by atomic mass is 14.9.